The zero-order chi connectivity index (χ0) is 24.0. The van der Waals surface area contributed by atoms with E-state index in [4.69, 9.17) is 0 Å². The largest absolute Gasteiger partial charge is 0.329 e. The summed E-state index contributed by atoms with van der Waals surface area (Å²) in [4.78, 5) is 18.8. The number of hydrogen-bond acceptors (Lipinski definition) is 4. The van der Waals surface area contributed by atoms with Crippen LogP contribution >= 0.6 is 0 Å². The molecule has 0 bridgehead atoms. The summed E-state index contributed by atoms with van der Waals surface area (Å²) in [5, 5.41) is -0.0113. The van der Waals surface area contributed by atoms with Gasteiger partial charge in [-0.05, 0) is 35.7 Å². The standard InChI is InChI=1S/C25H28FN3O3S/c1-4-14-28(24(30)21-10-12-22(26)13-11-21)17-23-15-27-25(29(23)16-19(2)3)33(31,32)18-20-8-6-5-7-9-20/h4-13,15,19H,1,14,16-18H2,2-3H3. The number of imidazole rings is 1. The number of hydrogen-bond donors (Lipinski definition) is 0. The Morgan fingerprint density at radius 3 is 2.42 bits per heavy atom. The van der Waals surface area contributed by atoms with Crippen molar-refractivity contribution in [3.63, 3.8) is 0 Å². The first kappa shape index (κ1) is 24.4. The van der Waals surface area contributed by atoms with Gasteiger partial charge < -0.3 is 9.47 Å². The minimum Gasteiger partial charge on any atom is -0.329 e. The highest BCUT2D eigenvalue weighted by molar-refractivity contribution is 7.90. The van der Waals surface area contributed by atoms with Crippen LogP contribution in [0.5, 0.6) is 0 Å². The molecule has 0 spiro atoms. The maximum absolute atomic E-state index is 13.3. The van der Waals surface area contributed by atoms with Gasteiger partial charge in [-0.15, -0.1) is 6.58 Å². The first-order chi connectivity index (χ1) is 15.7. The molecule has 33 heavy (non-hydrogen) atoms. The Labute approximate surface area is 194 Å². The molecule has 174 valence electrons. The Morgan fingerprint density at radius 2 is 1.82 bits per heavy atom. The molecule has 2 aromatic carbocycles. The summed E-state index contributed by atoms with van der Waals surface area (Å²) in [6.45, 7) is 8.52. The zero-order valence-electron chi connectivity index (χ0n) is 18.8. The average Bonchev–Trinajstić information content (AvgIpc) is 3.16. The summed E-state index contributed by atoms with van der Waals surface area (Å²) in [6.07, 6.45) is 3.10. The fourth-order valence-corrected chi connectivity index (χ4v) is 5.03. The van der Waals surface area contributed by atoms with E-state index in [2.05, 4.69) is 11.6 Å². The third-order valence-electron chi connectivity index (χ3n) is 5.01. The highest BCUT2D eigenvalue weighted by Gasteiger charge is 2.26. The van der Waals surface area contributed by atoms with Gasteiger partial charge in [0.1, 0.15) is 5.82 Å². The minimum absolute atomic E-state index is 0.0113. The molecule has 1 heterocycles. The predicted octanol–water partition coefficient (Wildman–Crippen LogP) is 4.48. The maximum atomic E-state index is 13.3. The van der Waals surface area contributed by atoms with Crippen molar-refractivity contribution in [3.8, 4) is 0 Å². The monoisotopic (exact) mass is 469 g/mol. The smallest absolute Gasteiger partial charge is 0.254 e. The maximum Gasteiger partial charge on any atom is 0.254 e. The second-order valence-electron chi connectivity index (χ2n) is 8.26. The van der Waals surface area contributed by atoms with Crippen LogP contribution in [0, 0.1) is 11.7 Å². The Bertz CT molecular complexity index is 1200. The lowest BCUT2D eigenvalue weighted by Crippen LogP contribution is -2.32. The highest BCUT2D eigenvalue weighted by Crippen LogP contribution is 2.21. The number of amides is 1. The third-order valence-corrected chi connectivity index (χ3v) is 6.60. The molecular formula is C25H28FN3O3S. The van der Waals surface area contributed by atoms with Crippen molar-refractivity contribution in [1.29, 1.82) is 0 Å². The summed E-state index contributed by atoms with van der Waals surface area (Å²) in [5.41, 5.74) is 1.62. The molecule has 3 rings (SSSR count). The molecule has 1 amide bonds. The van der Waals surface area contributed by atoms with E-state index in [9.17, 15) is 17.6 Å². The number of carbonyl (C=O) groups excluding carboxylic acids is 1. The van der Waals surface area contributed by atoms with E-state index in [-0.39, 0.29) is 35.8 Å². The van der Waals surface area contributed by atoms with Crippen LogP contribution in [-0.4, -0.2) is 35.3 Å². The molecule has 3 aromatic rings. The summed E-state index contributed by atoms with van der Waals surface area (Å²) in [7, 11) is -3.71. The molecule has 0 radical (unpaired) electrons. The molecule has 0 aliphatic heterocycles. The van der Waals surface area contributed by atoms with Crippen molar-refractivity contribution in [3.05, 3.63) is 96.1 Å². The van der Waals surface area contributed by atoms with Crippen LogP contribution in [0.1, 0.15) is 35.5 Å². The fraction of sp³-hybridized carbons (Fsp3) is 0.280. The van der Waals surface area contributed by atoms with Crippen LogP contribution in [0.2, 0.25) is 0 Å². The molecule has 8 heteroatoms. The Hall–Kier alpha value is -3.26. The van der Waals surface area contributed by atoms with Gasteiger partial charge in [-0.3, -0.25) is 4.79 Å². The van der Waals surface area contributed by atoms with Crippen molar-refractivity contribution in [1.82, 2.24) is 14.5 Å². The highest BCUT2D eigenvalue weighted by atomic mass is 32.2. The number of halogens is 1. The lowest BCUT2D eigenvalue weighted by molar-refractivity contribution is 0.0758. The Balaban J connectivity index is 1.94. The lowest BCUT2D eigenvalue weighted by atomic mass is 10.2. The van der Waals surface area contributed by atoms with E-state index in [0.717, 1.165) is 0 Å². The summed E-state index contributed by atoms with van der Waals surface area (Å²) >= 11 is 0. The Morgan fingerprint density at radius 1 is 1.15 bits per heavy atom. The van der Waals surface area contributed by atoms with Crippen molar-refractivity contribution in [2.45, 2.75) is 37.8 Å². The number of aromatic nitrogens is 2. The lowest BCUT2D eigenvalue weighted by Gasteiger charge is -2.23. The molecule has 0 N–H and O–H groups in total. The molecule has 0 aliphatic rings. The van der Waals surface area contributed by atoms with Gasteiger partial charge in [-0.2, -0.15) is 0 Å². The fourth-order valence-electron chi connectivity index (χ4n) is 3.53. The summed E-state index contributed by atoms with van der Waals surface area (Å²) < 4.78 is 41.4. The van der Waals surface area contributed by atoms with Crippen molar-refractivity contribution < 1.29 is 17.6 Å². The van der Waals surface area contributed by atoms with Crippen LogP contribution in [0.15, 0.2) is 78.6 Å². The Kier molecular flexibility index (Phi) is 7.81. The van der Waals surface area contributed by atoms with Crippen molar-refractivity contribution >= 4 is 15.7 Å². The van der Waals surface area contributed by atoms with E-state index in [0.29, 0.717) is 23.4 Å². The van der Waals surface area contributed by atoms with Crippen LogP contribution < -0.4 is 0 Å². The van der Waals surface area contributed by atoms with E-state index in [1.807, 2.05) is 19.9 Å². The molecule has 0 unspecified atom stereocenters. The van der Waals surface area contributed by atoms with E-state index in [1.54, 1.807) is 34.9 Å². The quantitative estimate of drug-likeness (QED) is 0.411. The number of benzene rings is 2. The van der Waals surface area contributed by atoms with Gasteiger partial charge in [-0.1, -0.05) is 50.3 Å². The molecule has 6 nitrogen and oxygen atoms in total. The molecule has 0 fully saturated rings. The normalized spacial score (nSPS) is 11.5. The van der Waals surface area contributed by atoms with Crippen LogP contribution in [0.3, 0.4) is 0 Å². The van der Waals surface area contributed by atoms with E-state index in [1.165, 1.54) is 35.4 Å². The van der Waals surface area contributed by atoms with Gasteiger partial charge in [0.15, 0.2) is 0 Å². The third kappa shape index (κ3) is 6.16. The van der Waals surface area contributed by atoms with Crippen molar-refractivity contribution in [2.75, 3.05) is 6.54 Å². The molecule has 1 aromatic heterocycles. The summed E-state index contributed by atoms with van der Waals surface area (Å²) in [5.74, 6) is -0.733. The van der Waals surface area contributed by atoms with Crippen LogP contribution in [0.25, 0.3) is 0 Å². The molecular weight excluding hydrogens is 441 g/mol. The average molecular weight is 470 g/mol. The van der Waals surface area contributed by atoms with Crippen LogP contribution in [0.4, 0.5) is 4.39 Å². The van der Waals surface area contributed by atoms with Crippen molar-refractivity contribution in [2.24, 2.45) is 5.92 Å². The second kappa shape index (κ2) is 10.6. The molecule has 0 aliphatic carbocycles. The SMILES string of the molecule is C=CCN(Cc1cnc(S(=O)(=O)Cc2ccccc2)n1CC(C)C)C(=O)c1ccc(F)cc1. The first-order valence-corrected chi connectivity index (χ1v) is 12.3. The number of sulfone groups is 1. The van der Waals surface area contributed by atoms with Gasteiger partial charge in [0, 0.05) is 18.7 Å². The van der Waals surface area contributed by atoms with Gasteiger partial charge in [0.2, 0.25) is 15.0 Å². The van der Waals surface area contributed by atoms with Crippen LogP contribution in [-0.2, 0) is 28.7 Å². The van der Waals surface area contributed by atoms with Gasteiger partial charge in [0.25, 0.3) is 5.91 Å². The van der Waals surface area contributed by atoms with E-state index >= 15 is 0 Å². The summed E-state index contributed by atoms with van der Waals surface area (Å²) in [6, 6.07) is 14.3. The van der Waals surface area contributed by atoms with Gasteiger partial charge in [-0.25, -0.2) is 17.8 Å². The zero-order valence-corrected chi connectivity index (χ0v) is 19.6. The van der Waals surface area contributed by atoms with Gasteiger partial charge in [0.05, 0.1) is 24.2 Å². The minimum atomic E-state index is -3.71. The number of carbonyl (C=O) groups is 1. The van der Waals surface area contributed by atoms with E-state index < -0.39 is 15.7 Å². The molecule has 0 saturated carbocycles. The second-order valence-corrected chi connectivity index (χ2v) is 10.1. The molecule has 0 saturated heterocycles. The topological polar surface area (TPSA) is 72.3 Å². The predicted molar refractivity (Wildman–Crippen MR) is 126 cm³/mol. The molecule has 0 atom stereocenters. The first-order valence-electron chi connectivity index (χ1n) is 10.7. The number of nitrogens with zero attached hydrogens (tertiary/aromatic N) is 3. The number of rotatable bonds is 10. The van der Waals surface area contributed by atoms with Gasteiger partial charge >= 0.3 is 0 Å².